The first-order chi connectivity index (χ1) is 9.20. The van der Waals surface area contributed by atoms with Gasteiger partial charge in [0.2, 0.25) is 0 Å². The number of likely N-dealkylation sites (N-methyl/N-ethyl adjacent to an activating group) is 1. The number of nitrogens with one attached hydrogen (secondary N) is 1. The van der Waals surface area contributed by atoms with E-state index in [2.05, 4.69) is 39.3 Å². The molecule has 0 bridgehead atoms. The summed E-state index contributed by atoms with van der Waals surface area (Å²) < 4.78 is 6.54. The van der Waals surface area contributed by atoms with E-state index in [1.165, 1.54) is 24.9 Å². The first-order valence-electron chi connectivity index (χ1n) is 6.94. The molecule has 1 saturated heterocycles. The van der Waals surface area contributed by atoms with Gasteiger partial charge in [-0.1, -0.05) is 15.9 Å². The van der Waals surface area contributed by atoms with Gasteiger partial charge >= 0.3 is 0 Å². The summed E-state index contributed by atoms with van der Waals surface area (Å²) in [5.41, 5.74) is 1.27. The second kappa shape index (κ2) is 7.27. The van der Waals surface area contributed by atoms with E-state index < -0.39 is 0 Å². The minimum absolute atomic E-state index is 0.673. The second-order valence-corrected chi connectivity index (χ2v) is 6.10. The average molecular weight is 327 g/mol. The fourth-order valence-electron chi connectivity index (χ4n) is 2.63. The number of hydrogen-bond acceptors (Lipinski definition) is 3. The van der Waals surface area contributed by atoms with E-state index in [4.69, 9.17) is 4.74 Å². The van der Waals surface area contributed by atoms with Crippen molar-refractivity contribution >= 4 is 15.9 Å². The van der Waals surface area contributed by atoms with Crippen LogP contribution in [0.2, 0.25) is 0 Å². The van der Waals surface area contributed by atoms with Crippen molar-refractivity contribution in [3.05, 3.63) is 28.2 Å². The first kappa shape index (κ1) is 14.8. The van der Waals surface area contributed by atoms with E-state index in [0.29, 0.717) is 6.04 Å². The molecular formula is C15H23BrN2O. The highest BCUT2D eigenvalue weighted by molar-refractivity contribution is 9.10. The van der Waals surface area contributed by atoms with Crippen LogP contribution in [0.25, 0.3) is 0 Å². The minimum atomic E-state index is 0.673. The van der Waals surface area contributed by atoms with Gasteiger partial charge in [0.05, 0.1) is 7.11 Å². The highest BCUT2D eigenvalue weighted by Gasteiger charge is 2.17. The lowest BCUT2D eigenvalue weighted by Crippen LogP contribution is -2.44. The van der Waals surface area contributed by atoms with Gasteiger partial charge in [0, 0.05) is 23.6 Å². The number of ether oxygens (including phenoxy) is 1. The molecule has 1 fully saturated rings. The molecule has 0 spiro atoms. The summed E-state index contributed by atoms with van der Waals surface area (Å²) in [5.74, 6) is 0.985. The molecule has 1 aromatic carbocycles. The predicted octanol–water partition coefficient (Wildman–Crippen LogP) is 2.68. The molecule has 1 N–H and O–H groups in total. The third-order valence-electron chi connectivity index (χ3n) is 3.87. The molecule has 0 amide bonds. The highest BCUT2D eigenvalue weighted by Crippen LogP contribution is 2.23. The number of rotatable bonds is 5. The minimum Gasteiger partial charge on any atom is -0.496 e. The molecule has 2 rings (SSSR count). The lowest BCUT2D eigenvalue weighted by molar-refractivity contribution is 0.205. The molecule has 1 aliphatic rings. The van der Waals surface area contributed by atoms with Gasteiger partial charge in [0.25, 0.3) is 0 Å². The van der Waals surface area contributed by atoms with Gasteiger partial charge in [0.1, 0.15) is 5.75 Å². The Morgan fingerprint density at radius 3 is 3.00 bits per heavy atom. The fraction of sp³-hybridized carbons (Fsp3) is 0.600. The van der Waals surface area contributed by atoms with Gasteiger partial charge in [-0.2, -0.15) is 0 Å². The molecule has 1 aromatic rings. The molecule has 0 aromatic heterocycles. The Bertz CT molecular complexity index is 405. The quantitative estimate of drug-likeness (QED) is 0.900. The molecule has 1 aliphatic heterocycles. The molecule has 0 saturated carbocycles. The Kier molecular flexibility index (Phi) is 5.67. The summed E-state index contributed by atoms with van der Waals surface area (Å²) in [6.07, 6.45) is 3.62. The summed E-state index contributed by atoms with van der Waals surface area (Å²) >= 11 is 3.53. The summed E-state index contributed by atoms with van der Waals surface area (Å²) in [7, 11) is 3.96. The van der Waals surface area contributed by atoms with Crippen molar-refractivity contribution in [3.8, 4) is 5.75 Å². The summed E-state index contributed by atoms with van der Waals surface area (Å²) in [6, 6.07) is 6.89. The van der Waals surface area contributed by atoms with Gasteiger partial charge in [0.15, 0.2) is 0 Å². The average Bonchev–Trinajstić information content (AvgIpc) is 2.46. The molecule has 0 aliphatic carbocycles. The van der Waals surface area contributed by atoms with E-state index >= 15 is 0 Å². The zero-order chi connectivity index (χ0) is 13.7. The maximum Gasteiger partial charge on any atom is 0.122 e. The van der Waals surface area contributed by atoms with E-state index in [1.807, 2.05) is 12.1 Å². The Balaban J connectivity index is 1.92. The van der Waals surface area contributed by atoms with Gasteiger partial charge in [-0.3, -0.25) is 0 Å². The second-order valence-electron chi connectivity index (χ2n) is 5.19. The highest BCUT2D eigenvalue weighted by atomic mass is 79.9. The fourth-order valence-corrected chi connectivity index (χ4v) is 3.04. The maximum absolute atomic E-state index is 5.43. The van der Waals surface area contributed by atoms with Crippen LogP contribution in [-0.2, 0) is 6.42 Å². The van der Waals surface area contributed by atoms with Crippen molar-refractivity contribution in [2.45, 2.75) is 25.3 Å². The van der Waals surface area contributed by atoms with Crippen LogP contribution in [0.4, 0.5) is 0 Å². The first-order valence-corrected chi connectivity index (χ1v) is 7.73. The van der Waals surface area contributed by atoms with Crippen LogP contribution in [0.5, 0.6) is 5.75 Å². The molecule has 4 heteroatoms. The third-order valence-corrected chi connectivity index (χ3v) is 4.36. The number of hydrogen-bond donors (Lipinski definition) is 1. The maximum atomic E-state index is 5.43. The van der Waals surface area contributed by atoms with Gasteiger partial charge in [-0.15, -0.1) is 0 Å². The Morgan fingerprint density at radius 1 is 1.47 bits per heavy atom. The zero-order valence-corrected chi connectivity index (χ0v) is 13.4. The van der Waals surface area contributed by atoms with Crippen molar-refractivity contribution in [3.63, 3.8) is 0 Å². The number of piperidine rings is 1. The molecule has 3 nitrogen and oxygen atoms in total. The monoisotopic (exact) mass is 326 g/mol. The van der Waals surface area contributed by atoms with Crippen molar-refractivity contribution in [1.82, 2.24) is 10.2 Å². The summed E-state index contributed by atoms with van der Waals surface area (Å²) in [5, 5.41) is 3.47. The SMILES string of the molecule is COc1ccc(Br)cc1CCN(C)C1CCCNC1. The molecule has 1 unspecified atom stereocenters. The lowest BCUT2D eigenvalue weighted by atomic mass is 10.1. The number of methoxy groups -OCH3 is 1. The van der Waals surface area contributed by atoms with E-state index in [1.54, 1.807) is 7.11 Å². The molecule has 106 valence electrons. The topological polar surface area (TPSA) is 24.5 Å². The number of benzene rings is 1. The number of nitrogens with zero attached hydrogens (tertiary/aromatic N) is 1. The molecular weight excluding hydrogens is 304 g/mol. The van der Waals surface area contributed by atoms with Gasteiger partial charge in [-0.25, -0.2) is 0 Å². The van der Waals surface area contributed by atoms with Crippen molar-refractivity contribution in [1.29, 1.82) is 0 Å². The summed E-state index contributed by atoms with van der Waals surface area (Å²) in [4.78, 5) is 2.46. The number of halogens is 1. The van der Waals surface area contributed by atoms with Crippen LogP contribution in [-0.4, -0.2) is 44.7 Å². The Labute approximate surface area is 124 Å². The lowest BCUT2D eigenvalue weighted by Gasteiger charge is -2.31. The molecule has 1 atom stereocenters. The van der Waals surface area contributed by atoms with Crippen LogP contribution >= 0.6 is 15.9 Å². The van der Waals surface area contributed by atoms with E-state index in [0.717, 1.165) is 29.7 Å². The van der Waals surface area contributed by atoms with E-state index in [-0.39, 0.29) is 0 Å². The standard InChI is InChI=1S/C15H23BrN2O/c1-18(14-4-3-8-17-11-14)9-7-12-10-13(16)5-6-15(12)19-2/h5-6,10,14,17H,3-4,7-9,11H2,1-2H3. The Hall–Kier alpha value is -0.580. The molecule has 0 radical (unpaired) electrons. The summed E-state index contributed by atoms with van der Waals surface area (Å²) in [6.45, 7) is 3.36. The van der Waals surface area contributed by atoms with Crippen LogP contribution in [0.15, 0.2) is 22.7 Å². The van der Waals surface area contributed by atoms with Crippen LogP contribution in [0, 0.1) is 0 Å². The normalized spacial score (nSPS) is 19.7. The molecule has 19 heavy (non-hydrogen) atoms. The predicted molar refractivity (Wildman–Crippen MR) is 82.9 cm³/mol. The van der Waals surface area contributed by atoms with Crippen LogP contribution in [0.1, 0.15) is 18.4 Å². The van der Waals surface area contributed by atoms with E-state index in [9.17, 15) is 0 Å². The van der Waals surface area contributed by atoms with Gasteiger partial charge in [-0.05, 0) is 56.6 Å². The Morgan fingerprint density at radius 2 is 2.32 bits per heavy atom. The zero-order valence-electron chi connectivity index (χ0n) is 11.8. The molecule has 1 heterocycles. The van der Waals surface area contributed by atoms with Crippen LogP contribution in [0.3, 0.4) is 0 Å². The van der Waals surface area contributed by atoms with Crippen molar-refractivity contribution in [2.75, 3.05) is 33.8 Å². The smallest absolute Gasteiger partial charge is 0.122 e. The van der Waals surface area contributed by atoms with Crippen molar-refractivity contribution < 1.29 is 4.74 Å². The van der Waals surface area contributed by atoms with Crippen LogP contribution < -0.4 is 10.1 Å². The van der Waals surface area contributed by atoms with Gasteiger partial charge < -0.3 is 15.0 Å². The largest absolute Gasteiger partial charge is 0.496 e. The third kappa shape index (κ3) is 4.20. The van der Waals surface area contributed by atoms with Crippen molar-refractivity contribution in [2.24, 2.45) is 0 Å².